The average molecular weight is 606 g/mol. The first-order valence-corrected chi connectivity index (χ1v) is 14.1. The Morgan fingerprint density at radius 3 is 2.20 bits per heavy atom. The number of halogens is 1. The fourth-order valence-electron chi connectivity index (χ4n) is 5.48. The molecule has 2 aromatic rings. The fraction of sp³-hybridized carbons (Fsp3) is 0.375. The van der Waals surface area contributed by atoms with E-state index in [1.165, 1.54) is 17.0 Å². The van der Waals surface area contributed by atoms with Gasteiger partial charge in [-0.3, -0.25) is 4.90 Å². The second-order valence-corrected chi connectivity index (χ2v) is 11.4. The molecule has 2 aliphatic rings. The molecule has 2 aliphatic heterocycles. The van der Waals surface area contributed by atoms with Crippen LogP contribution in [0.2, 0.25) is 0 Å². The third-order valence-corrected chi connectivity index (χ3v) is 7.35. The van der Waals surface area contributed by atoms with Crippen molar-refractivity contribution in [3.63, 3.8) is 0 Å². The summed E-state index contributed by atoms with van der Waals surface area (Å²) in [5.74, 6) is -3.63. The van der Waals surface area contributed by atoms with Crippen molar-refractivity contribution in [1.29, 1.82) is 5.26 Å². The van der Waals surface area contributed by atoms with E-state index in [4.69, 9.17) is 19.9 Å². The number of hydrogen-bond donors (Lipinski definition) is 2. The first kappa shape index (κ1) is 31.9. The molecule has 1 fully saturated rings. The molecule has 12 heteroatoms. The van der Waals surface area contributed by atoms with Gasteiger partial charge < -0.3 is 30.2 Å². The minimum atomic E-state index is -1.05. The number of nitrogens with two attached hydrogens (primary N) is 1. The summed E-state index contributed by atoms with van der Waals surface area (Å²) in [6, 6.07) is 14.8. The molecule has 11 nitrogen and oxygen atoms in total. The lowest BCUT2D eigenvalue weighted by atomic mass is 9.81. The Hall–Kier alpha value is -5.05. The van der Waals surface area contributed by atoms with Gasteiger partial charge in [-0.05, 0) is 51.3 Å². The molecule has 3 N–H and O–H groups in total. The van der Waals surface area contributed by atoms with Crippen molar-refractivity contribution < 1.29 is 33.0 Å². The van der Waals surface area contributed by atoms with Crippen molar-refractivity contribution in [2.75, 3.05) is 37.1 Å². The number of allylic oxidation sites excluding steroid dienone is 1. The van der Waals surface area contributed by atoms with E-state index in [1.807, 2.05) is 0 Å². The van der Waals surface area contributed by atoms with Crippen molar-refractivity contribution in [2.45, 2.75) is 51.2 Å². The minimum absolute atomic E-state index is 0.0280. The van der Waals surface area contributed by atoms with Crippen LogP contribution in [0.25, 0.3) is 0 Å². The number of carbonyl (C=O) groups excluding carboxylic acids is 3. The number of rotatable bonds is 6. The lowest BCUT2D eigenvalue weighted by molar-refractivity contribution is -0.139. The first-order chi connectivity index (χ1) is 20.9. The van der Waals surface area contributed by atoms with Gasteiger partial charge in [0.15, 0.2) is 0 Å². The molecule has 1 saturated heterocycles. The largest absolute Gasteiger partial charge is 0.466 e. The fourth-order valence-corrected chi connectivity index (χ4v) is 5.48. The number of nitriles is 1. The number of alkyl carbamates (subject to hydrolysis) is 1. The molecule has 0 aliphatic carbocycles. The molecule has 0 saturated carbocycles. The van der Waals surface area contributed by atoms with E-state index in [0.29, 0.717) is 31.5 Å². The van der Waals surface area contributed by atoms with Gasteiger partial charge in [0.25, 0.3) is 0 Å². The smallest absolute Gasteiger partial charge is 0.407 e. The molecule has 0 spiro atoms. The van der Waals surface area contributed by atoms with Crippen LogP contribution < -0.4 is 20.9 Å². The van der Waals surface area contributed by atoms with Gasteiger partial charge in [0.1, 0.15) is 22.9 Å². The normalized spacial score (nSPS) is 17.6. The van der Waals surface area contributed by atoms with Crippen LogP contribution in [0.4, 0.5) is 20.6 Å². The van der Waals surface area contributed by atoms with E-state index in [-0.39, 0.29) is 40.1 Å². The zero-order valence-electron chi connectivity index (χ0n) is 25.3. The first-order valence-electron chi connectivity index (χ1n) is 14.1. The van der Waals surface area contributed by atoms with Crippen LogP contribution in [0.15, 0.2) is 71.2 Å². The van der Waals surface area contributed by atoms with Crippen LogP contribution in [0, 0.1) is 17.1 Å². The molecular weight excluding hydrogens is 569 g/mol. The number of piperidine rings is 1. The Kier molecular flexibility index (Phi) is 9.47. The minimum Gasteiger partial charge on any atom is -0.466 e. The standard InChI is InChI=1S/C32H36FN5O6/c1-32(2,3)44-31(41)36-20-14-16-37(17-15-20)26-22(33)12-9-13-23(26)38-27(30(40)43-5)25(29(39)42-4)24(21(18-34)28(38)35)19-10-7-6-8-11-19/h6-13,20,24H,14-17,35H2,1-5H3,(H,36,41). The summed E-state index contributed by atoms with van der Waals surface area (Å²) in [7, 11) is 2.31. The highest BCUT2D eigenvalue weighted by atomic mass is 19.1. The number of nitrogens with zero attached hydrogens (tertiary/aromatic N) is 3. The maximum atomic E-state index is 15.8. The van der Waals surface area contributed by atoms with E-state index in [9.17, 15) is 19.6 Å². The van der Waals surface area contributed by atoms with Crippen molar-refractivity contribution in [2.24, 2.45) is 5.73 Å². The predicted octanol–water partition coefficient (Wildman–Crippen LogP) is 4.22. The van der Waals surface area contributed by atoms with Gasteiger partial charge in [-0.1, -0.05) is 36.4 Å². The molecule has 1 unspecified atom stereocenters. The van der Waals surface area contributed by atoms with E-state index < -0.39 is 35.4 Å². The molecule has 44 heavy (non-hydrogen) atoms. The molecule has 2 heterocycles. The number of methoxy groups -OCH3 is 2. The van der Waals surface area contributed by atoms with Gasteiger partial charge in [-0.2, -0.15) is 5.26 Å². The summed E-state index contributed by atoms with van der Waals surface area (Å²) in [6.07, 6.45) is 0.421. The molecule has 0 aromatic heterocycles. The molecular formula is C32H36FN5O6. The molecule has 0 radical (unpaired) electrons. The lowest BCUT2D eigenvalue weighted by Gasteiger charge is -2.40. The molecule has 4 rings (SSSR count). The molecule has 1 amide bonds. The summed E-state index contributed by atoms with van der Waals surface area (Å²) < 4.78 is 31.3. The van der Waals surface area contributed by atoms with E-state index in [0.717, 1.165) is 14.2 Å². The third-order valence-electron chi connectivity index (χ3n) is 7.35. The zero-order chi connectivity index (χ0) is 32.2. The highest BCUT2D eigenvalue weighted by Crippen LogP contribution is 2.46. The van der Waals surface area contributed by atoms with Crippen molar-refractivity contribution in [3.8, 4) is 6.07 Å². The highest BCUT2D eigenvalue weighted by Gasteiger charge is 2.44. The van der Waals surface area contributed by atoms with Crippen LogP contribution in [-0.4, -0.2) is 57.0 Å². The summed E-state index contributed by atoms with van der Waals surface area (Å²) >= 11 is 0. The number of anilines is 2. The number of nitrogens with one attached hydrogen (secondary N) is 1. The number of esters is 2. The van der Waals surface area contributed by atoms with Crippen LogP contribution in [0.1, 0.15) is 45.1 Å². The van der Waals surface area contributed by atoms with E-state index in [1.54, 1.807) is 62.1 Å². The number of carbonyl (C=O) groups is 3. The molecule has 232 valence electrons. The van der Waals surface area contributed by atoms with Crippen molar-refractivity contribution in [3.05, 3.63) is 82.6 Å². The number of benzene rings is 2. The van der Waals surface area contributed by atoms with E-state index in [2.05, 4.69) is 11.4 Å². The van der Waals surface area contributed by atoms with Crippen molar-refractivity contribution >= 4 is 29.4 Å². The second-order valence-electron chi connectivity index (χ2n) is 11.4. The average Bonchev–Trinajstić information content (AvgIpc) is 2.99. The van der Waals surface area contributed by atoms with Crippen LogP contribution in [-0.2, 0) is 23.8 Å². The Morgan fingerprint density at radius 2 is 1.64 bits per heavy atom. The summed E-state index contributed by atoms with van der Waals surface area (Å²) in [6.45, 7) is 6.00. The summed E-state index contributed by atoms with van der Waals surface area (Å²) in [5, 5.41) is 13.2. The Labute approximate surface area is 255 Å². The van der Waals surface area contributed by atoms with Gasteiger partial charge in [-0.25, -0.2) is 18.8 Å². The number of amides is 1. The third kappa shape index (κ3) is 6.46. The Bertz CT molecular complexity index is 1530. The van der Waals surface area contributed by atoms with Gasteiger partial charge in [0.2, 0.25) is 0 Å². The molecule has 2 aromatic carbocycles. The zero-order valence-corrected chi connectivity index (χ0v) is 25.3. The number of ether oxygens (including phenoxy) is 3. The maximum absolute atomic E-state index is 15.8. The van der Waals surface area contributed by atoms with Crippen LogP contribution >= 0.6 is 0 Å². The Balaban J connectivity index is 1.82. The number of hydrogen-bond acceptors (Lipinski definition) is 10. The monoisotopic (exact) mass is 605 g/mol. The topological polar surface area (TPSA) is 147 Å². The highest BCUT2D eigenvalue weighted by molar-refractivity contribution is 6.07. The van der Waals surface area contributed by atoms with Crippen LogP contribution in [0.5, 0.6) is 0 Å². The van der Waals surface area contributed by atoms with Crippen molar-refractivity contribution in [1.82, 2.24) is 5.32 Å². The SMILES string of the molecule is COC(=O)C1=C(C(=O)OC)N(c2cccc(F)c2N2CCC(NC(=O)OC(C)(C)C)CC2)C(N)=C(C#N)C1c1ccccc1. The predicted molar refractivity (Wildman–Crippen MR) is 161 cm³/mol. The summed E-state index contributed by atoms with van der Waals surface area (Å²) in [5.41, 5.74) is 6.25. The summed E-state index contributed by atoms with van der Waals surface area (Å²) in [4.78, 5) is 42.1. The second kappa shape index (κ2) is 13.1. The molecule has 0 bridgehead atoms. The van der Waals surface area contributed by atoms with Gasteiger partial charge in [0, 0.05) is 19.1 Å². The van der Waals surface area contributed by atoms with Crippen LogP contribution in [0.3, 0.4) is 0 Å². The van der Waals surface area contributed by atoms with Gasteiger partial charge in [0.05, 0.1) is 48.7 Å². The lowest BCUT2D eigenvalue weighted by Crippen LogP contribution is -2.47. The quantitative estimate of drug-likeness (QED) is 0.362. The maximum Gasteiger partial charge on any atom is 0.407 e. The van der Waals surface area contributed by atoms with E-state index >= 15 is 4.39 Å². The Morgan fingerprint density at radius 1 is 1.00 bits per heavy atom. The number of para-hydroxylation sites is 1. The van der Waals surface area contributed by atoms with Gasteiger partial charge >= 0.3 is 18.0 Å². The molecule has 1 atom stereocenters. The van der Waals surface area contributed by atoms with Gasteiger partial charge in [-0.15, -0.1) is 0 Å².